The van der Waals surface area contributed by atoms with Crippen molar-refractivity contribution < 1.29 is 14.2 Å². The van der Waals surface area contributed by atoms with Crippen LogP contribution in [-0.4, -0.2) is 22.8 Å². The van der Waals surface area contributed by atoms with E-state index >= 15 is 0 Å². The fraction of sp³-hybridized carbons (Fsp3) is 0.375. The first kappa shape index (κ1) is 10.6. The quantitative estimate of drug-likeness (QED) is 0.680. The highest BCUT2D eigenvalue weighted by Gasteiger charge is 2.05. The Labute approximate surface area is 89.1 Å². The lowest BCUT2D eigenvalue weighted by atomic mass is 10.4. The summed E-state index contributed by atoms with van der Waals surface area (Å²) in [5.74, 6) is -0.377. The molecule has 0 spiro atoms. The van der Waals surface area contributed by atoms with Gasteiger partial charge in [0.25, 0.3) is 0 Å². The Morgan fingerprint density at radius 2 is 2.38 bits per heavy atom. The van der Waals surface area contributed by atoms with Gasteiger partial charge in [-0.1, -0.05) is 0 Å². The Hall–Kier alpha value is -0.430. The van der Waals surface area contributed by atoms with E-state index in [1.165, 1.54) is 6.07 Å². The van der Waals surface area contributed by atoms with E-state index in [-0.39, 0.29) is 18.6 Å². The summed E-state index contributed by atoms with van der Waals surface area (Å²) in [6.07, 6.45) is -0.370. The number of hydrogen-bond acceptors (Lipinski definition) is 3. The first-order chi connectivity index (χ1) is 6.11. The lowest BCUT2D eigenvalue weighted by Gasteiger charge is -2.10. The van der Waals surface area contributed by atoms with E-state index in [1.54, 1.807) is 13.0 Å². The van der Waals surface area contributed by atoms with Crippen LogP contribution < -0.4 is 4.74 Å². The van der Waals surface area contributed by atoms with Gasteiger partial charge in [-0.2, -0.15) is 9.37 Å². The van der Waals surface area contributed by atoms with Crippen LogP contribution in [0.4, 0.5) is 4.39 Å². The van der Waals surface area contributed by atoms with Gasteiger partial charge in [-0.3, -0.25) is 0 Å². The maximum Gasteiger partial charge on any atom is 0.217 e. The van der Waals surface area contributed by atoms with Crippen LogP contribution in [0, 0.1) is 9.52 Å². The molecule has 1 rings (SSSR count). The summed E-state index contributed by atoms with van der Waals surface area (Å²) in [5, 5.41) is 8.69. The molecule has 1 heterocycles. The number of hydrogen-bond donors (Lipinski definition) is 1. The van der Waals surface area contributed by atoms with Crippen LogP contribution in [0.25, 0.3) is 0 Å². The van der Waals surface area contributed by atoms with Gasteiger partial charge in [-0.25, -0.2) is 0 Å². The van der Waals surface area contributed by atoms with Gasteiger partial charge >= 0.3 is 0 Å². The molecular weight excluding hydrogens is 288 g/mol. The third kappa shape index (κ3) is 3.43. The lowest BCUT2D eigenvalue weighted by molar-refractivity contribution is 0.124. The van der Waals surface area contributed by atoms with Gasteiger partial charge in [0, 0.05) is 15.7 Å². The fourth-order valence-corrected chi connectivity index (χ4v) is 1.27. The van der Waals surface area contributed by atoms with Gasteiger partial charge in [0.1, 0.15) is 6.10 Å². The minimum Gasteiger partial charge on any atom is -0.472 e. The third-order valence-electron chi connectivity index (χ3n) is 1.31. The molecule has 72 valence electrons. The molecular formula is C8H9FINO2. The molecule has 0 aliphatic carbocycles. The van der Waals surface area contributed by atoms with E-state index in [0.717, 1.165) is 0 Å². The summed E-state index contributed by atoms with van der Waals surface area (Å²) < 4.78 is 18.6. The molecule has 1 atom stereocenters. The van der Waals surface area contributed by atoms with E-state index in [9.17, 15) is 4.39 Å². The summed E-state index contributed by atoms with van der Waals surface area (Å²) in [6.45, 7) is 1.56. The van der Waals surface area contributed by atoms with Crippen molar-refractivity contribution in [2.75, 3.05) is 6.61 Å². The molecule has 0 bridgehead atoms. The van der Waals surface area contributed by atoms with E-state index in [1.807, 2.05) is 22.6 Å². The molecule has 5 heteroatoms. The number of aliphatic hydroxyl groups excluding tert-OH is 1. The molecule has 0 saturated heterocycles. The number of halogens is 2. The van der Waals surface area contributed by atoms with Crippen LogP contribution in [0.1, 0.15) is 6.92 Å². The number of rotatable bonds is 3. The molecule has 1 aromatic heterocycles. The summed E-state index contributed by atoms with van der Waals surface area (Å²) in [4.78, 5) is 3.52. The summed E-state index contributed by atoms with van der Waals surface area (Å²) in [6, 6.07) is 2.91. The van der Waals surface area contributed by atoms with Crippen LogP contribution in [0.2, 0.25) is 0 Å². The van der Waals surface area contributed by atoms with E-state index in [0.29, 0.717) is 3.57 Å². The van der Waals surface area contributed by atoms with Gasteiger partial charge in [0.2, 0.25) is 11.8 Å². The molecule has 1 N–H and O–H groups in total. The number of ether oxygens (including phenoxy) is 1. The van der Waals surface area contributed by atoms with Crippen molar-refractivity contribution in [2.45, 2.75) is 13.0 Å². The maximum absolute atomic E-state index is 12.7. The van der Waals surface area contributed by atoms with Crippen LogP contribution in [-0.2, 0) is 0 Å². The van der Waals surface area contributed by atoms with Crippen LogP contribution in [0.15, 0.2) is 12.1 Å². The third-order valence-corrected chi connectivity index (χ3v) is 1.94. The average molecular weight is 297 g/mol. The summed E-state index contributed by atoms with van der Waals surface area (Å²) in [5.41, 5.74) is 0. The number of nitrogens with zero attached hydrogens (tertiary/aromatic N) is 1. The van der Waals surface area contributed by atoms with Crippen molar-refractivity contribution in [3.05, 3.63) is 21.7 Å². The van der Waals surface area contributed by atoms with Gasteiger partial charge in [-0.05, 0) is 29.5 Å². The Bertz CT molecular complexity index is 275. The van der Waals surface area contributed by atoms with Gasteiger partial charge < -0.3 is 9.84 Å². The lowest BCUT2D eigenvalue weighted by Crippen LogP contribution is -2.17. The molecule has 3 nitrogen and oxygen atoms in total. The highest BCUT2D eigenvalue weighted by molar-refractivity contribution is 14.1. The largest absolute Gasteiger partial charge is 0.472 e. The number of pyridine rings is 1. The number of aliphatic hydroxyl groups is 1. The molecule has 0 amide bonds. The molecule has 0 aliphatic rings. The Morgan fingerprint density at radius 3 is 2.92 bits per heavy atom. The number of aromatic nitrogens is 1. The van der Waals surface area contributed by atoms with Gasteiger partial charge in [-0.15, -0.1) is 0 Å². The molecule has 0 fully saturated rings. The van der Waals surface area contributed by atoms with Crippen molar-refractivity contribution >= 4 is 22.6 Å². The normalized spacial score (nSPS) is 12.6. The van der Waals surface area contributed by atoms with E-state index in [4.69, 9.17) is 9.84 Å². The van der Waals surface area contributed by atoms with Crippen molar-refractivity contribution in [1.82, 2.24) is 4.98 Å². The zero-order valence-electron chi connectivity index (χ0n) is 7.00. The predicted octanol–water partition coefficient (Wildman–Crippen LogP) is 1.58. The van der Waals surface area contributed by atoms with Crippen molar-refractivity contribution in [3.63, 3.8) is 0 Å². The molecule has 0 aromatic carbocycles. The predicted molar refractivity (Wildman–Crippen MR) is 54.1 cm³/mol. The minimum atomic E-state index is -0.577. The Balaban J connectivity index is 2.77. The van der Waals surface area contributed by atoms with E-state index < -0.39 is 5.95 Å². The monoisotopic (exact) mass is 297 g/mol. The Kier molecular flexibility index (Phi) is 3.86. The molecule has 1 unspecified atom stereocenters. The van der Waals surface area contributed by atoms with Crippen LogP contribution in [0.3, 0.4) is 0 Å². The second-order valence-corrected chi connectivity index (χ2v) is 3.80. The molecule has 1 aromatic rings. The highest BCUT2D eigenvalue weighted by atomic mass is 127. The van der Waals surface area contributed by atoms with Crippen LogP contribution in [0.5, 0.6) is 5.88 Å². The smallest absolute Gasteiger partial charge is 0.217 e. The SMILES string of the molecule is CC(CO)Oc1cc(I)cc(F)n1. The molecule has 0 aliphatic heterocycles. The zero-order valence-corrected chi connectivity index (χ0v) is 9.16. The van der Waals surface area contributed by atoms with Crippen LogP contribution >= 0.6 is 22.6 Å². The summed E-state index contributed by atoms with van der Waals surface area (Å²) >= 11 is 1.97. The fourth-order valence-electron chi connectivity index (χ4n) is 0.747. The first-order valence-electron chi connectivity index (χ1n) is 3.72. The van der Waals surface area contributed by atoms with Crippen molar-refractivity contribution in [3.8, 4) is 5.88 Å². The topological polar surface area (TPSA) is 42.4 Å². The average Bonchev–Trinajstić information content (AvgIpc) is 2.02. The summed E-state index contributed by atoms with van der Waals surface area (Å²) in [7, 11) is 0. The van der Waals surface area contributed by atoms with Gasteiger partial charge in [0.05, 0.1) is 6.61 Å². The maximum atomic E-state index is 12.7. The molecule has 0 saturated carbocycles. The standard InChI is InChI=1S/C8H9FINO2/c1-5(4-12)13-8-3-6(10)2-7(9)11-8/h2-3,5,12H,4H2,1H3. The minimum absolute atomic E-state index is 0.116. The van der Waals surface area contributed by atoms with Crippen molar-refractivity contribution in [2.24, 2.45) is 0 Å². The second kappa shape index (κ2) is 4.71. The zero-order chi connectivity index (χ0) is 9.84. The van der Waals surface area contributed by atoms with E-state index in [2.05, 4.69) is 4.98 Å². The highest BCUT2D eigenvalue weighted by Crippen LogP contribution is 2.14. The Morgan fingerprint density at radius 1 is 1.69 bits per heavy atom. The molecule has 0 radical (unpaired) electrons. The molecule has 13 heavy (non-hydrogen) atoms. The van der Waals surface area contributed by atoms with Crippen molar-refractivity contribution in [1.29, 1.82) is 0 Å². The first-order valence-corrected chi connectivity index (χ1v) is 4.80. The second-order valence-electron chi connectivity index (χ2n) is 2.56. The van der Waals surface area contributed by atoms with Gasteiger partial charge in [0.15, 0.2) is 0 Å².